The molecule has 200 valence electrons. The van der Waals surface area contributed by atoms with E-state index in [-0.39, 0.29) is 36.7 Å². The fourth-order valence-corrected chi connectivity index (χ4v) is 3.44. The lowest BCUT2D eigenvalue weighted by molar-refractivity contribution is -0.147. The Bertz CT molecular complexity index is 829. The van der Waals surface area contributed by atoms with Gasteiger partial charge >= 0.3 is 17.9 Å². The van der Waals surface area contributed by atoms with Gasteiger partial charge in [-0.15, -0.1) is 0 Å². The van der Waals surface area contributed by atoms with Gasteiger partial charge in [0, 0.05) is 6.42 Å². The van der Waals surface area contributed by atoms with E-state index in [9.17, 15) is 19.5 Å². The zero-order chi connectivity index (χ0) is 26.4. The number of ether oxygens (including phenoxy) is 2. The summed E-state index contributed by atoms with van der Waals surface area (Å²) >= 11 is 0. The molecule has 0 bridgehead atoms. The quantitative estimate of drug-likeness (QED) is 0.123. The van der Waals surface area contributed by atoms with E-state index in [0.717, 1.165) is 44.9 Å². The predicted octanol–water partition coefficient (Wildman–Crippen LogP) is 6.26. The minimum Gasteiger partial charge on any atom is -0.478 e. The van der Waals surface area contributed by atoms with Crippen LogP contribution in [-0.2, 0) is 14.3 Å². The molecule has 0 heterocycles. The first kappa shape index (κ1) is 31.1. The Labute approximate surface area is 215 Å². The number of aromatic carboxylic acids is 1. The number of carboxylic acids is 1. The molecule has 0 spiro atoms. The summed E-state index contributed by atoms with van der Waals surface area (Å²) in [4.78, 5) is 34.8. The minimum atomic E-state index is -1.15. The SMILES string of the molecule is CCCCCC/C=C\C=C/CCCCCCCC(=O)OCC(O)COC(=O)c1cccc(C(=O)O)c1. The second-order valence-electron chi connectivity index (χ2n) is 8.83. The van der Waals surface area contributed by atoms with Gasteiger partial charge in [0.15, 0.2) is 0 Å². The van der Waals surface area contributed by atoms with Crippen molar-refractivity contribution in [1.29, 1.82) is 0 Å². The molecule has 0 aromatic heterocycles. The van der Waals surface area contributed by atoms with Crippen molar-refractivity contribution in [2.75, 3.05) is 13.2 Å². The molecule has 1 unspecified atom stereocenters. The molecular formula is C29H42O7. The van der Waals surface area contributed by atoms with Crippen molar-refractivity contribution in [3.05, 3.63) is 59.7 Å². The van der Waals surface area contributed by atoms with E-state index in [2.05, 4.69) is 31.2 Å². The molecule has 0 amide bonds. The Kier molecular flexibility index (Phi) is 17.5. The Balaban J connectivity index is 2.02. The van der Waals surface area contributed by atoms with E-state index < -0.39 is 18.0 Å². The van der Waals surface area contributed by atoms with Gasteiger partial charge in [-0.25, -0.2) is 9.59 Å². The number of esters is 2. The van der Waals surface area contributed by atoms with Gasteiger partial charge in [0.25, 0.3) is 0 Å². The van der Waals surface area contributed by atoms with Gasteiger partial charge in [0.1, 0.15) is 19.3 Å². The standard InChI is InChI=1S/C29H42O7/c1-2-3-4-5-6-7-8-9-10-11-12-13-14-15-16-20-27(31)35-22-26(30)23-36-29(34)25-19-17-18-24(21-25)28(32)33/h7-10,17-19,21,26,30H,2-6,11-16,20,22-23H2,1H3,(H,32,33)/b8-7-,10-9-. The zero-order valence-corrected chi connectivity index (χ0v) is 21.5. The first-order valence-corrected chi connectivity index (χ1v) is 13.1. The monoisotopic (exact) mass is 502 g/mol. The Morgan fingerprint density at radius 1 is 0.833 bits per heavy atom. The van der Waals surface area contributed by atoms with Crippen LogP contribution in [0.1, 0.15) is 105 Å². The number of carbonyl (C=O) groups is 3. The molecule has 2 N–H and O–H groups in total. The van der Waals surface area contributed by atoms with Crippen molar-refractivity contribution >= 4 is 17.9 Å². The third-order valence-corrected chi connectivity index (χ3v) is 5.55. The summed E-state index contributed by atoms with van der Waals surface area (Å²) in [5, 5.41) is 18.9. The fraction of sp³-hybridized carbons (Fsp3) is 0.552. The molecule has 1 aromatic rings. The second kappa shape index (κ2) is 20.3. The summed E-state index contributed by atoms with van der Waals surface area (Å²) in [5.74, 6) is -2.30. The van der Waals surface area contributed by atoms with Gasteiger partial charge in [-0.1, -0.05) is 75.8 Å². The highest BCUT2D eigenvalue weighted by molar-refractivity contribution is 5.94. The number of unbranched alkanes of at least 4 members (excludes halogenated alkanes) is 9. The number of hydrogen-bond acceptors (Lipinski definition) is 6. The van der Waals surface area contributed by atoms with Crippen LogP contribution in [0.3, 0.4) is 0 Å². The van der Waals surface area contributed by atoms with Crippen molar-refractivity contribution in [3.8, 4) is 0 Å². The van der Waals surface area contributed by atoms with Crippen molar-refractivity contribution in [3.63, 3.8) is 0 Å². The number of carbonyl (C=O) groups excluding carboxylic acids is 2. The average Bonchev–Trinajstić information content (AvgIpc) is 2.88. The number of hydrogen-bond donors (Lipinski definition) is 2. The summed E-state index contributed by atoms with van der Waals surface area (Å²) in [7, 11) is 0. The van der Waals surface area contributed by atoms with Crippen LogP contribution in [0.2, 0.25) is 0 Å². The Morgan fingerprint density at radius 3 is 2.08 bits per heavy atom. The highest BCUT2D eigenvalue weighted by Crippen LogP contribution is 2.10. The van der Waals surface area contributed by atoms with Gasteiger partial charge in [-0.05, 0) is 50.3 Å². The molecule has 0 aliphatic rings. The van der Waals surface area contributed by atoms with E-state index in [0.29, 0.717) is 0 Å². The minimum absolute atomic E-state index is 0.0352. The number of allylic oxidation sites excluding steroid dienone is 4. The van der Waals surface area contributed by atoms with E-state index in [1.165, 1.54) is 49.9 Å². The molecule has 0 aliphatic heterocycles. The maximum Gasteiger partial charge on any atom is 0.338 e. The molecule has 1 aromatic carbocycles. The number of benzene rings is 1. The van der Waals surface area contributed by atoms with Gasteiger partial charge in [-0.2, -0.15) is 0 Å². The Hall–Kier alpha value is -2.93. The van der Waals surface area contributed by atoms with Crippen LogP contribution in [0.5, 0.6) is 0 Å². The predicted molar refractivity (Wildman–Crippen MR) is 140 cm³/mol. The molecule has 0 radical (unpaired) electrons. The van der Waals surface area contributed by atoms with Crippen LogP contribution in [-0.4, -0.2) is 47.4 Å². The summed E-state index contributed by atoms with van der Waals surface area (Å²) in [5.41, 5.74) is 0.0344. The summed E-state index contributed by atoms with van der Waals surface area (Å²) < 4.78 is 10.0. The van der Waals surface area contributed by atoms with E-state index in [4.69, 9.17) is 14.6 Å². The molecule has 36 heavy (non-hydrogen) atoms. The van der Waals surface area contributed by atoms with E-state index in [1.807, 2.05) is 0 Å². The zero-order valence-electron chi connectivity index (χ0n) is 21.5. The topological polar surface area (TPSA) is 110 Å². The van der Waals surface area contributed by atoms with E-state index in [1.54, 1.807) is 0 Å². The normalized spacial score (nSPS) is 12.2. The maximum absolute atomic E-state index is 12.0. The number of aliphatic hydroxyl groups is 1. The van der Waals surface area contributed by atoms with Crippen LogP contribution < -0.4 is 0 Å². The molecule has 0 fully saturated rings. The molecule has 1 atom stereocenters. The summed E-state index contributed by atoms with van der Waals surface area (Å²) in [6.07, 6.45) is 20.3. The summed E-state index contributed by atoms with van der Waals surface area (Å²) in [6.45, 7) is 1.61. The van der Waals surface area contributed by atoms with Crippen LogP contribution in [0.15, 0.2) is 48.6 Å². The molecule has 7 heteroatoms. The van der Waals surface area contributed by atoms with Crippen LogP contribution in [0.4, 0.5) is 0 Å². The molecule has 1 rings (SSSR count). The van der Waals surface area contributed by atoms with Crippen molar-refractivity contribution in [1.82, 2.24) is 0 Å². The van der Waals surface area contributed by atoms with Crippen LogP contribution in [0.25, 0.3) is 0 Å². The van der Waals surface area contributed by atoms with Crippen LogP contribution in [0, 0.1) is 0 Å². The third-order valence-electron chi connectivity index (χ3n) is 5.55. The molecule has 0 saturated carbocycles. The third kappa shape index (κ3) is 15.9. The number of carboxylic acid groups (broad SMARTS) is 1. The van der Waals surface area contributed by atoms with Gasteiger partial charge in [0.2, 0.25) is 0 Å². The van der Waals surface area contributed by atoms with Crippen molar-refractivity contribution in [2.24, 2.45) is 0 Å². The van der Waals surface area contributed by atoms with Gasteiger partial charge in [-0.3, -0.25) is 4.79 Å². The lowest BCUT2D eigenvalue weighted by atomic mass is 10.1. The van der Waals surface area contributed by atoms with Gasteiger partial charge < -0.3 is 19.7 Å². The molecule has 0 saturated heterocycles. The van der Waals surface area contributed by atoms with Crippen LogP contribution >= 0.6 is 0 Å². The second-order valence-corrected chi connectivity index (χ2v) is 8.83. The van der Waals surface area contributed by atoms with Crippen molar-refractivity contribution in [2.45, 2.75) is 90.1 Å². The Morgan fingerprint density at radius 2 is 1.42 bits per heavy atom. The fourth-order valence-electron chi connectivity index (χ4n) is 3.44. The highest BCUT2D eigenvalue weighted by atomic mass is 16.6. The smallest absolute Gasteiger partial charge is 0.338 e. The molecule has 0 aliphatic carbocycles. The number of rotatable bonds is 20. The first-order valence-electron chi connectivity index (χ1n) is 13.1. The summed E-state index contributed by atoms with van der Waals surface area (Å²) in [6, 6.07) is 5.42. The average molecular weight is 503 g/mol. The largest absolute Gasteiger partial charge is 0.478 e. The van der Waals surface area contributed by atoms with Gasteiger partial charge in [0.05, 0.1) is 11.1 Å². The number of aliphatic hydroxyl groups excluding tert-OH is 1. The van der Waals surface area contributed by atoms with Crippen molar-refractivity contribution < 1.29 is 34.1 Å². The molecule has 7 nitrogen and oxygen atoms in total. The lowest BCUT2D eigenvalue weighted by Crippen LogP contribution is -2.25. The van der Waals surface area contributed by atoms with E-state index >= 15 is 0 Å². The maximum atomic E-state index is 12.0. The molecular weight excluding hydrogens is 460 g/mol. The first-order chi connectivity index (χ1) is 17.4. The lowest BCUT2D eigenvalue weighted by Gasteiger charge is -2.12. The highest BCUT2D eigenvalue weighted by Gasteiger charge is 2.14.